The maximum atomic E-state index is 13.1. The SMILES string of the molecule is COC1CC(Oc2cc(Cl)nc(C(C)(F)F)n2)C1. The van der Waals surface area contributed by atoms with Gasteiger partial charge in [0.1, 0.15) is 11.3 Å². The lowest BCUT2D eigenvalue weighted by atomic mass is 9.92. The van der Waals surface area contributed by atoms with Crippen LogP contribution in [-0.4, -0.2) is 29.3 Å². The molecule has 100 valence electrons. The fourth-order valence-electron chi connectivity index (χ4n) is 1.63. The predicted molar refractivity (Wildman–Crippen MR) is 61.1 cm³/mol. The Labute approximate surface area is 108 Å². The van der Waals surface area contributed by atoms with Gasteiger partial charge in [0.2, 0.25) is 11.7 Å². The van der Waals surface area contributed by atoms with Crippen molar-refractivity contribution in [1.82, 2.24) is 9.97 Å². The zero-order valence-electron chi connectivity index (χ0n) is 9.99. The molecule has 1 aliphatic carbocycles. The van der Waals surface area contributed by atoms with Gasteiger partial charge in [-0.1, -0.05) is 11.6 Å². The number of hydrogen-bond donors (Lipinski definition) is 0. The minimum Gasteiger partial charge on any atom is -0.474 e. The Morgan fingerprint density at radius 2 is 2.00 bits per heavy atom. The van der Waals surface area contributed by atoms with Crippen molar-refractivity contribution in [2.75, 3.05) is 7.11 Å². The first kappa shape index (κ1) is 13.4. The van der Waals surface area contributed by atoms with Gasteiger partial charge in [-0.2, -0.15) is 13.8 Å². The Balaban J connectivity index is 2.07. The van der Waals surface area contributed by atoms with Gasteiger partial charge in [0.15, 0.2) is 0 Å². The second-order valence-electron chi connectivity index (χ2n) is 4.31. The zero-order chi connectivity index (χ0) is 13.3. The van der Waals surface area contributed by atoms with Crippen molar-refractivity contribution in [2.45, 2.75) is 37.9 Å². The third-order valence-corrected chi connectivity index (χ3v) is 2.93. The van der Waals surface area contributed by atoms with Crippen LogP contribution in [0, 0.1) is 0 Å². The minimum atomic E-state index is -3.14. The Hall–Kier alpha value is -1.01. The molecule has 0 aliphatic heterocycles. The average Bonchev–Trinajstić information content (AvgIpc) is 2.20. The number of hydrogen-bond acceptors (Lipinski definition) is 4. The maximum Gasteiger partial charge on any atom is 0.304 e. The smallest absolute Gasteiger partial charge is 0.304 e. The molecule has 1 fully saturated rings. The van der Waals surface area contributed by atoms with E-state index in [9.17, 15) is 8.78 Å². The van der Waals surface area contributed by atoms with Gasteiger partial charge in [0.25, 0.3) is 0 Å². The van der Waals surface area contributed by atoms with E-state index in [1.807, 2.05) is 0 Å². The molecule has 18 heavy (non-hydrogen) atoms. The molecule has 7 heteroatoms. The van der Waals surface area contributed by atoms with Gasteiger partial charge in [0.05, 0.1) is 6.10 Å². The number of aromatic nitrogens is 2. The summed E-state index contributed by atoms with van der Waals surface area (Å²) in [6.07, 6.45) is 1.53. The van der Waals surface area contributed by atoms with E-state index in [1.165, 1.54) is 6.07 Å². The number of ether oxygens (including phenoxy) is 2. The summed E-state index contributed by atoms with van der Waals surface area (Å²) in [6.45, 7) is 0.715. The maximum absolute atomic E-state index is 13.1. The molecule has 0 amide bonds. The predicted octanol–water partition coefficient (Wildman–Crippen LogP) is 2.80. The minimum absolute atomic E-state index is 0.0564. The van der Waals surface area contributed by atoms with Crippen molar-refractivity contribution in [3.63, 3.8) is 0 Å². The molecule has 0 aromatic carbocycles. The highest BCUT2D eigenvalue weighted by Crippen LogP contribution is 2.30. The normalized spacial score (nSPS) is 23.6. The van der Waals surface area contributed by atoms with Gasteiger partial charge in [-0.3, -0.25) is 0 Å². The first-order chi connectivity index (χ1) is 8.38. The summed E-state index contributed by atoms with van der Waals surface area (Å²) in [5.41, 5.74) is 0. The molecule has 1 aromatic rings. The number of nitrogens with zero attached hydrogens (tertiary/aromatic N) is 2. The van der Waals surface area contributed by atoms with Crippen LogP contribution < -0.4 is 4.74 Å². The summed E-state index contributed by atoms with van der Waals surface area (Å²) < 4.78 is 36.8. The zero-order valence-corrected chi connectivity index (χ0v) is 10.7. The van der Waals surface area contributed by atoms with E-state index >= 15 is 0 Å². The second kappa shape index (κ2) is 4.93. The molecule has 0 unspecified atom stereocenters. The molecule has 0 N–H and O–H groups in total. The third-order valence-electron chi connectivity index (χ3n) is 2.74. The highest BCUT2D eigenvalue weighted by molar-refractivity contribution is 6.29. The Kier molecular flexibility index (Phi) is 3.68. The van der Waals surface area contributed by atoms with Crippen molar-refractivity contribution in [3.05, 3.63) is 17.0 Å². The summed E-state index contributed by atoms with van der Waals surface area (Å²) >= 11 is 5.67. The number of halogens is 3. The molecule has 0 atom stereocenters. The number of methoxy groups -OCH3 is 1. The van der Waals surface area contributed by atoms with Crippen molar-refractivity contribution in [3.8, 4) is 5.88 Å². The van der Waals surface area contributed by atoms with E-state index in [4.69, 9.17) is 21.1 Å². The third kappa shape index (κ3) is 3.05. The summed E-state index contributed by atoms with van der Waals surface area (Å²) in [5.74, 6) is -3.70. The standard InChI is InChI=1S/C11H13ClF2N2O2/c1-11(13,14)10-15-8(12)5-9(16-10)18-7-3-6(4-7)17-2/h5-7H,3-4H2,1-2H3. The van der Waals surface area contributed by atoms with Crippen molar-refractivity contribution >= 4 is 11.6 Å². The molecule has 0 spiro atoms. The van der Waals surface area contributed by atoms with Crippen molar-refractivity contribution in [2.24, 2.45) is 0 Å². The molecule has 1 heterocycles. The monoisotopic (exact) mass is 278 g/mol. The van der Waals surface area contributed by atoms with E-state index in [0.717, 1.165) is 12.8 Å². The second-order valence-corrected chi connectivity index (χ2v) is 4.70. The van der Waals surface area contributed by atoms with Crippen molar-refractivity contribution in [1.29, 1.82) is 0 Å². The highest BCUT2D eigenvalue weighted by Gasteiger charge is 2.33. The van der Waals surface area contributed by atoms with Gasteiger partial charge in [-0.15, -0.1) is 0 Å². The molecule has 1 aromatic heterocycles. The average molecular weight is 279 g/mol. The highest BCUT2D eigenvalue weighted by atomic mass is 35.5. The van der Waals surface area contributed by atoms with E-state index in [1.54, 1.807) is 7.11 Å². The molecule has 0 bridgehead atoms. The first-order valence-corrected chi connectivity index (χ1v) is 5.88. The van der Waals surface area contributed by atoms with Gasteiger partial charge in [-0.05, 0) is 0 Å². The Morgan fingerprint density at radius 1 is 1.33 bits per heavy atom. The van der Waals surface area contributed by atoms with Crippen LogP contribution in [0.25, 0.3) is 0 Å². The van der Waals surface area contributed by atoms with Crippen LogP contribution in [0.15, 0.2) is 6.07 Å². The van der Waals surface area contributed by atoms with Crippen LogP contribution in [0.1, 0.15) is 25.6 Å². The fraction of sp³-hybridized carbons (Fsp3) is 0.636. The van der Waals surface area contributed by atoms with Crippen LogP contribution in [0.3, 0.4) is 0 Å². The molecule has 2 rings (SSSR count). The van der Waals surface area contributed by atoms with E-state index in [-0.39, 0.29) is 23.2 Å². The largest absolute Gasteiger partial charge is 0.474 e. The van der Waals surface area contributed by atoms with Gasteiger partial charge in [0, 0.05) is 32.9 Å². The van der Waals surface area contributed by atoms with E-state index < -0.39 is 11.7 Å². The first-order valence-electron chi connectivity index (χ1n) is 5.51. The number of alkyl halides is 2. The quantitative estimate of drug-likeness (QED) is 0.795. The van der Waals surface area contributed by atoms with Crippen LogP contribution in [0.5, 0.6) is 5.88 Å². The van der Waals surface area contributed by atoms with E-state index in [2.05, 4.69) is 9.97 Å². The lowest BCUT2D eigenvalue weighted by Crippen LogP contribution is -2.39. The van der Waals surface area contributed by atoms with Gasteiger partial charge >= 0.3 is 5.92 Å². The fourth-order valence-corrected chi connectivity index (χ4v) is 1.80. The van der Waals surface area contributed by atoms with Gasteiger partial charge in [-0.25, -0.2) is 4.98 Å². The molecule has 0 radical (unpaired) electrons. The van der Waals surface area contributed by atoms with Crippen LogP contribution in [0.2, 0.25) is 5.15 Å². The topological polar surface area (TPSA) is 44.2 Å². The molecule has 1 aliphatic rings. The van der Waals surface area contributed by atoms with Crippen LogP contribution >= 0.6 is 11.6 Å². The summed E-state index contributed by atoms with van der Waals surface area (Å²) in [6, 6.07) is 1.33. The Morgan fingerprint density at radius 3 is 2.56 bits per heavy atom. The van der Waals surface area contributed by atoms with Gasteiger partial charge < -0.3 is 9.47 Å². The van der Waals surface area contributed by atoms with Crippen LogP contribution in [0.4, 0.5) is 8.78 Å². The van der Waals surface area contributed by atoms with E-state index in [0.29, 0.717) is 6.92 Å². The molecule has 1 saturated carbocycles. The Bertz CT molecular complexity index is 434. The molecule has 4 nitrogen and oxygen atoms in total. The summed E-state index contributed by atoms with van der Waals surface area (Å²) in [4.78, 5) is 7.16. The lowest BCUT2D eigenvalue weighted by Gasteiger charge is -2.33. The molecular formula is C11H13ClF2N2O2. The molecule has 0 saturated heterocycles. The lowest BCUT2D eigenvalue weighted by molar-refractivity contribution is -0.0409. The van der Waals surface area contributed by atoms with Crippen LogP contribution in [-0.2, 0) is 10.7 Å². The molecular weight excluding hydrogens is 266 g/mol. The number of rotatable bonds is 4. The summed E-state index contributed by atoms with van der Waals surface area (Å²) in [5, 5.41) is -0.0564. The summed E-state index contributed by atoms with van der Waals surface area (Å²) in [7, 11) is 1.62. The van der Waals surface area contributed by atoms with Crippen molar-refractivity contribution < 1.29 is 18.3 Å².